The van der Waals surface area contributed by atoms with Gasteiger partial charge >= 0.3 is 0 Å². The van der Waals surface area contributed by atoms with Crippen LogP contribution < -0.4 is 16.0 Å². The molecule has 0 aliphatic carbocycles. The fourth-order valence-electron chi connectivity index (χ4n) is 16.5. The molecule has 0 radical (unpaired) electrons. The minimum Gasteiger partial charge on any atom is -0.394 e. The third kappa shape index (κ3) is 33.9. The Morgan fingerprint density at radius 3 is 1.03 bits per heavy atom. The molecule has 6 aliphatic heterocycles. The van der Waals surface area contributed by atoms with E-state index in [1.165, 1.54) is 161 Å². The fourth-order valence-corrected chi connectivity index (χ4v) is 16.5. The van der Waals surface area contributed by atoms with Crippen LogP contribution in [0.15, 0.2) is 12.2 Å². The van der Waals surface area contributed by atoms with Crippen LogP contribution in [0.1, 0.15) is 259 Å². The molecule has 0 aromatic heterocycles. The molecule has 0 aromatic carbocycles. The van der Waals surface area contributed by atoms with Crippen LogP contribution >= 0.6 is 0 Å². The van der Waals surface area contributed by atoms with Gasteiger partial charge < -0.3 is 165 Å². The van der Waals surface area contributed by atoms with Gasteiger partial charge in [0.05, 0.1) is 58.4 Å². The fraction of sp³-hybridized carbons (Fsp3) is 0.940. The van der Waals surface area contributed by atoms with Gasteiger partial charge in [0.1, 0.15) is 146 Å². The first kappa shape index (κ1) is 106. The third-order valence-corrected chi connectivity index (χ3v) is 23.7. The zero-order chi connectivity index (χ0) is 87.6. The molecule has 6 heterocycles. The monoisotopic (exact) mass is 1730 g/mol. The van der Waals surface area contributed by atoms with Gasteiger partial charge in [-0.25, -0.2) is 0 Å². The molecule has 36 heteroatoms. The second-order valence-electron chi connectivity index (χ2n) is 33.5. The van der Waals surface area contributed by atoms with Crippen molar-refractivity contribution in [2.45, 2.75) is 455 Å². The van der Waals surface area contributed by atoms with Crippen LogP contribution in [0.2, 0.25) is 0 Å². The number of allylic oxidation sites excluding steroid dienone is 1. The van der Waals surface area contributed by atoms with Crippen LogP contribution in [0.4, 0.5) is 0 Å². The maximum Gasteiger partial charge on any atom is 0.220 e. The van der Waals surface area contributed by atoms with Crippen LogP contribution in [-0.4, -0.2) is 352 Å². The highest BCUT2D eigenvalue weighted by molar-refractivity contribution is 5.76. The number of aliphatic hydroxyl groups is 18. The molecule has 6 rings (SSSR count). The van der Waals surface area contributed by atoms with Gasteiger partial charge in [0.2, 0.25) is 17.7 Å². The number of rotatable bonds is 60. The summed E-state index contributed by atoms with van der Waals surface area (Å²) in [5.74, 6) is -1.97. The summed E-state index contributed by atoms with van der Waals surface area (Å²) < 4.78 is 70.9. The number of unbranched alkanes of at least 4 members (excludes halogenated alkanes) is 33. The molecule has 0 bridgehead atoms. The molecule has 6 saturated heterocycles. The van der Waals surface area contributed by atoms with Gasteiger partial charge in [-0.2, -0.15) is 0 Å². The van der Waals surface area contributed by atoms with E-state index in [0.29, 0.717) is 12.8 Å². The van der Waals surface area contributed by atoms with Gasteiger partial charge in [-0.1, -0.05) is 231 Å². The Balaban J connectivity index is 1.04. The van der Waals surface area contributed by atoms with E-state index in [-0.39, 0.29) is 12.3 Å². The number of nitrogens with one attached hydrogen (secondary N) is 3. The van der Waals surface area contributed by atoms with Gasteiger partial charge in [0, 0.05) is 20.3 Å². The van der Waals surface area contributed by atoms with Crippen LogP contribution in [-0.2, 0) is 71.2 Å². The number of amides is 3. The smallest absolute Gasteiger partial charge is 0.220 e. The lowest BCUT2D eigenvalue weighted by Gasteiger charge is -2.51. The highest BCUT2D eigenvalue weighted by Crippen LogP contribution is 2.38. The Kier molecular flexibility index (Phi) is 51.5. The molecule has 0 saturated carbocycles. The highest BCUT2D eigenvalue weighted by atomic mass is 16.8. The standard InChI is InChI=1S/C84H153N3O33/c1-5-7-9-11-13-15-17-19-20-21-22-23-24-25-26-27-28-30-32-34-36-38-40-42-60(97)87-52(53(96)41-39-37-35-33-31-29-18-16-14-12-10-8-6-2)49-109-81-70(105)68(103)75(58(47-92)114-81)117-82-71(106)69(104)74(59(48-93)115-82)116-80-62(86-51(4)95)76(64(99)55(44-89)111-80)118-83-73(108)78(66(101)57(46-91)112-83)120-84-72(107)77(65(100)56(45-90)113-84)119-79-61(85-50(3)94)67(102)63(98)54(43-88)110-79/h39,41,52-59,61-84,88-93,96,98-108H,5-38,40,42-49H2,1-4H3,(H,85,94)(H,86,95)(H,87,97)/b41-39+/t52-,53+,54?,55?,56?,57?,58?,59?,61?,62?,63-,64-,65-,66-,67+,68+,69+,70?,71?,72?,73?,74-,75+,76+,77-,78-,79-,80-,81+,82-,83-,84+/m0/s1. The summed E-state index contributed by atoms with van der Waals surface area (Å²) in [6.45, 7) is 0.112. The van der Waals surface area contributed by atoms with E-state index in [4.69, 9.17) is 56.8 Å². The van der Waals surface area contributed by atoms with Crippen molar-refractivity contribution in [3.05, 3.63) is 12.2 Å². The SMILES string of the molecule is CCCCCCCCCCCCC/C=C/[C@@H](O)[C@H](CO[C@@H]1OC(CO)[C@@H](O[C@@H]2OC(CO)[C@H](O[C@@H]3OC(CO)[C@H](O)[C@H](O[C@@H]4OC(CO)[C@H](O)[C@H](O[C@H]5OC(CO)[C@H](O)[C@H](O[C@@H]6OC(CO)[C@H](O)[C@H](O)C6NC(C)=O)C5O)C4O)C3NC(C)=O)[C@H](O)C2O)[C@H](O)C1O)NC(=O)CCCCCCCCCCCCCCCCCCCCCCCCC. The zero-order valence-corrected chi connectivity index (χ0v) is 71.2. The summed E-state index contributed by atoms with van der Waals surface area (Å²) in [5, 5.41) is 209. The van der Waals surface area contributed by atoms with Gasteiger partial charge in [0.25, 0.3) is 0 Å². The Hall–Kier alpha value is -3.05. The molecular formula is C84H153N3O33. The molecule has 0 aromatic rings. The zero-order valence-electron chi connectivity index (χ0n) is 71.2. The summed E-state index contributed by atoms with van der Waals surface area (Å²) >= 11 is 0. The number of ether oxygens (including phenoxy) is 12. The lowest BCUT2D eigenvalue weighted by Crippen LogP contribution is -2.70. The van der Waals surface area contributed by atoms with Crippen molar-refractivity contribution < 1.29 is 163 Å². The number of hydrogen-bond acceptors (Lipinski definition) is 33. The minimum absolute atomic E-state index is 0.180. The molecule has 32 atom stereocenters. The first-order valence-electron chi connectivity index (χ1n) is 45.0. The minimum atomic E-state index is -2.29. The number of carbonyl (C=O) groups excluding carboxylic acids is 3. The Morgan fingerprint density at radius 1 is 0.325 bits per heavy atom. The van der Waals surface area contributed by atoms with Crippen molar-refractivity contribution in [2.24, 2.45) is 0 Å². The quantitative estimate of drug-likeness (QED) is 0.0294. The summed E-state index contributed by atoms with van der Waals surface area (Å²) in [6.07, 6.45) is -9.80. The van der Waals surface area contributed by atoms with Crippen molar-refractivity contribution in [1.29, 1.82) is 0 Å². The van der Waals surface area contributed by atoms with Gasteiger partial charge in [-0.3, -0.25) is 14.4 Å². The maximum absolute atomic E-state index is 13.6. The van der Waals surface area contributed by atoms with Crippen molar-refractivity contribution in [3.63, 3.8) is 0 Å². The maximum atomic E-state index is 13.6. The van der Waals surface area contributed by atoms with E-state index in [0.717, 1.165) is 65.2 Å². The third-order valence-electron chi connectivity index (χ3n) is 23.7. The molecule has 21 N–H and O–H groups in total. The second-order valence-corrected chi connectivity index (χ2v) is 33.5. The molecule has 12 unspecified atom stereocenters. The van der Waals surface area contributed by atoms with Crippen LogP contribution in [0.25, 0.3) is 0 Å². The van der Waals surface area contributed by atoms with Crippen molar-refractivity contribution in [3.8, 4) is 0 Å². The molecule has 3 amide bonds. The van der Waals surface area contributed by atoms with Gasteiger partial charge in [-0.05, 0) is 19.3 Å². The van der Waals surface area contributed by atoms with E-state index in [2.05, 4.69) is 29.8 Å². The number of hydrogen-bond donors (Lipinski definition) is 21. The summed E-state index contributed by atoms with van der Waals surface area (Å²) in [6, 6.07) is -4.49. The summed E-state index contributed by atoms with van der Waals surface area (Å²) in [5.41, 5.74) is 0. The Bertz CT molecular complexity index is 2740. The van der Waals surface area contributed by atoms with E-state index in [1.807, 2.05) is 6.08 Å². The average Bonchev–Trinajstić information content (AvgIpc) is 0.778. The lowest BCUT2D eigenvalue weighted by atomic mass is 9.94. The molecule has 702 valence electrons. The molecule has 6 fully saturated rings. The van der Waals surface area contributed by atoms with Crippen LogP contribution in [0, 0.1) is 0 Å². The van der Waals surface area contributed by atoms with E-state index < -0.39 is 254 Å². The van der Waals surface area contributed by atoms with Crippen molar-refractivity contribution >= 4 is 17.7 Å². The topological polar surface area (TPSA) is 562 Å². The van der Waals surface area contributed by atoms with Crippen molar-refractivity contribution in [2.75, 3.05) is 46.2 Å². The van der Waals surface area contributed by atoms with Gasteiger partial charge in [0.15, 0.2) is 37.7 Å². The predicted octanol–water partition coefficient (Wildman–Crippen LogP) is 0.697. The van der Waals surface area contributed by atoms with E-state index in [1.54, 1.807) is 6.08 Å². The molecule has 120 heavy (non-hydrogen) atoms. The first-order valence-corrected chi connectivity index (χ1v) is 45.0. The Morgan fingerprint density at radius 2 is 0.625 bits per heavy atom. The van der Waals surface area contributed by atoms with Crippen molar-refractivity contribution in [1.82, 2.24) is 16.0 Å². The summed E-state index contributed by atoms with van der Waals surface area (Å²) in [4.78, 5) is 38.9. The van der Waals surface area contributed by atoms with Crippen LogP contribution in [0.3, 0.4) is 0 Å². The van der Waals surface area contributed by atoms with E-state index >= 15 is 0 Å². The summed E-state index contributed by atoms with van der Waals surface area (Å²) in [7, 11) is 0. The number of carbonyl (C=O) groups is 3. The second kappa shape index (κ2) is 58.4. The van der Waals surface area contributed by atoms with Crippen LogP contribution in [0.5, 0.6) is 0 Å². The number of aliphatic hydroxyl groups excluding tert-OH is 18. The highest BCUT2D eigenvalue weighted by Gasteiger charge is 2.59. The average molecular weight is 1730 g/mol. The largest absolute Gasteiger partial charge is 0.394 e. The predicted molar refractivity (Wildman–Crippen MR) is 431 cm³/mol. The molecule has 6 aliphatic rings. The molecule has 36 nitrogen and oxygen atoms in total. The lowest BCUT2D eigenvalue weighted by molar-refractivity contribution is -0.389. The van der Waals surface area contributed by atoms with E-state index in [9.17, 15) is 106 Å². The molecular weight excluding hydrogens is 1580 g/mol. The normalized spacial score (nSPS) is 35.5. The van der Waals surface area contributed by atoms with Gasteiger partial charge in [-0.15, -0.1) is 0 Å². The Labute approximate surface area is 707 Å². The molecule has 0 spiro atoms. The first-order chi connectivity index (χ1) is 57.8.